The Morgan fingerprint density at radius 3 is 3.10 bits per heavy atom. The number of anilines is 1. The summed E-state index contributed by atoms with van der Waals surface area (Å²) in [6.07, 6.45) is 8.29. The van der Waals surface area contributed by atoms with Gasteiger partial charge in [-0.15, -0.1) is 0 Å². The molecule has 3 aromatic rings. The van der Waals surface area contributed by atoms with E-state index in [4.69, 9.17) is 0 Å². The first-order chi connectivity index (χ1) is 10.2. The summed E-state index contributed by atoms with van der Waals surface area (Å²) in [6.45, 7) is 0. The molecule has 0 bridgehead atoms. The van der Waals surface area contributed by atoms with Crippen LogP contribution in [0, 0.1) is 6.08 Å². The lowest BCUT2D eigenvalue weighted by molar-refractivity contribution is -0.114. The van der Waals surface area contributed by atoms with Gasteiger partial charge in [-0.25, -0.2) is 4.98 Å². The van der Waals surface area contributed by atoms with Gasteiger partial charge in [-0.3, -0.25) is 14.8 Å². The second-order valence-corrected chi connectivity index (χ2v) is 4.71. The molecular formula is C14H10N5O2. The first-order valence-corrected chi connectivity index (χ1v) is 6.30. The van der Waals surface area contributed by atoms with E-state index < -0.39 is 12.1 Å². The van der Waals surface area contributed by atoms with Crippen LogP contribution in [0.15, 0.2) is 48.9 Å². The number of hydrogen-bond acceptors (Lipinski definition) is 4. The number of fused-ring (bicyclic) bond motifs is 1. The Balaban J connectivity index is 1.83. The van der Waals surface area contributed by atoms with Gasteiger partial charge in [0.2, 0.25) is 0 Å². The zero-order chi connectivity index (χ0) is 14.4. The fourth-order valence-electron chi connectivity index (χ4n) is 2.49. The Hall–Kier alpha value is -3.09. The smallest absolute Gasteiger partial charge is 0.264 e. The van der Waals surface area contributed by atoms with E-state index >= 15 is 0 Å². The quantitative estimate of drug-likeness (QED) is 0.745. The highest BCUT2D eigenvalue weighted by molar-refractivity contribution is 6.03. The summed E-state index contributed by atoms with van der Waals surface area (Å²) in [4.78, 5) is 17.5. The van der Waals surface area contributed by atoms with Crippen LogP contribution in [0.3, 0.4) is 0 Å². The summed E-state index contributed by atoms with van der Waals surface area (Å²) in [6, 6.07) is 5.48. The van der Waals surface area contributed by atoms with Crippen LogP contribution in [-0.2, 0) is 4.79 Å². The summed E-state index contributed by atoms with van der Waals surface area (Å²) < 4.78 is 1.64. The number of carbonyl (C=O) groups is 1. The first-order valence-electron chi connectivity index (χ1n) is 6.30. The van der Waals surface area contributed by atoms with Gasteiger partial charge in [0.05, 0.1) is 24.1 Å². The fraction of sp³-hybridized carbons (Fsp3) is 0.0714. The number of imidazole rings is 1. The number of rotatable bonds is 2. The monoisotopic (exact) mass is 280 g/mol. The van der Waals surface area contributed by atoms with Crippen LogP contribution in [0.1, 0.15) is 6.17 Å². The molecule has 1 radical (unpaired) electrons. The predicted octanol–water partition coefficient (Wildman–Crippen LogP) is 1.55. The molecule has 3 heterocycles. The van der Waals surface area contributed by atoms with Gasteiger partial charge in [-0.1, -0.05) is 0 Å². The molecule has 21 heavy (non-hydrogen) atoms. The lowest BCUT2D eigenvalue weighted by Crippen LogP contribution is -2.32. The van der Waals surface area contributed by atoms with E-state index in [1.807, 2.05) is 12.1 Å². The Bertz CT molecular complexity index is 849. The molecule has 7 heteroatoms. The van der Waals surface area contributed by atoms with E-state index in [0.717, 1.165) is 10.9 Å². The van der Waals surface area contributed by atoms with Crippen molar-refractivity contribution < 1.29 is 9.90 Å². The minimum absolute atomic E-state index is 0.136. The summed E-state index contributed by atoms with van der Waals surface area (Å²) in [5.41, 5.74) is 1.46. The molecule has 2 aromatic heterocycles. The maximum atomic E-state index is 12.1. The largest absolute Gasteiger partial charge is 0.507 e. The number of nitrogens with zero attached hydrogens (tertiary/aromatic N) is 4. The van der Waals surface area contributed by atoms with Crippen LogP contribution in [-0.4, -0.2) is 30.8 Å². The second-order valence-electron chi connectivity index (χ2n) is 4.71. The van der Waals surface area contributed by atoms with Crippen molar-refractivity contribution in [3.05, 3.63) is 55.0 Å². The van der Waals surface area contributed by atoms with E-state index in [-0.39, 0.29) is 5.76 Å². The van der Waals surface area contributed by atoms with Gasteiger partial charge in [0.25, 0.3) is 5.91 Å². The molecule has 0 saturated carbocycles. The third kappa shape index (κ3) is 1.71. The third-order valence-electron chi connectivity index (χ3n) is 3.45. The molecule has 0 fully saturated rings. The second kappa shape index (κ2) is 4.20. The molecule has 1 aliphatic rings. The van der Waals surface area contributed by atoms with Gasteiger partial charge >= 0.3 is 0 Å². The molecule has 1 atom stereocenters. The number of benzene rings is 1. The van der Waals surface area contributed by atoms with Crippen molar-refractivity contribution in [1.29, 1.82) is 0 Å². The Labute approximate surface area is 119 Å². The van der Waals surface area contributed by atoms with E-state index in [0.29, 0.717) is 5.69 Å². The summed E-state index contributed by atoms with van der Waals surface area (Å²) in [5, 5.41) is 17.8. The first kappa shape index (κ1) is 11.7. The molecule has 1 aromatic carbocycles. The topological polar surface area (TPSA) is 87.0 Å². The number of aliphatic hydroxyl groups is 1. The zero-order valence-corrected chi connectivity index (χ0v) is 10.8. The van der Waals surface area contributed by atoms with Crippen molar-refractivity contribution in [2.45, 2.75) is 6.17 Å². The Morgan fingerprint density at radius 1 is 1.38 bits per heavy atom. The van der Waals surface area contributed by atoms with Crippen LogP contribution in [0.4, 0.5) is 5.69 Å². The summed E-state index contributed by atoms with van der Waals surface area (Å²) in [7, 11) is 0. The number of carbonyl (C=O) groups excluding carboxylic acids is 1. The summed E-state index contributed by atoms with van der Waals surface area (Å²) in [5.74, 6) is -0.534. The molecule has 1 unspecified atom stereocenters. The van der Waals surface area contributed by atoms with Crippen molar-refractivity contribution in [2.75, 3.05) is 4.90 Å². The van der Waals surface area contributed by atoms with Gasteiger partial charge in [-0.05, 0) is 18.2 Å². The van der Waals surface area contributed by atoms with Gasteiger partial charge in [-0.2, -0.15) is 5.10 Å². The van der Waals surface area contributed by atoms with Gasteiger partial charge in [0.15, 0.2) is 6.17 Å². The fourth-order valence-corrected chi connectivity index (χ4v) is 2.49. The van der Waals surface area contributed by atoms with Gasteiger partial charge < -0.3 is 9.67 Å². The normalized spacial score (nSPS) is 18.5. The van der Waals surface area contributed by atoms with Crippen molar-refractivity contribution in [3.8, 4) is 0 Å². The number of aromatic amines is 1. The van der Waals surface area contributed by atoms with Crippen molar-refractivity contribution in [3.63, 3.8) is 0 Å². The molecular weight excluding hydrogens is 270 g/mol. The zero-order valence-electron chi connectivity index (χ0n) is 10.8. The average Bonchev–Trinajstić information content (AvgIpc) is 3.17. The van der Waals surface area contributed by atoms with E-state index in [2.05, 4.69) is 21.3 Å². The predicted molar refractivity (Wildman–Crippen MR) is 74.2 cm³/mol. The number of H-pyrrole nitrogens is 1. The number of aromatic nitrogens is 4. The molecule has 2 N–H and O–H groups in total. The highest BCUT2D eigenvalue weighted by Crippen LogP contribution is 2.33. The van der Waals surface area contributed by atoms with Crippen LogP contribution < -0.4 is 4.90 Å². The molecule has 4 rings (SSSR count). The average molecular weight is 280 g/mol. The maximum absolute atomic E-state index is 12.1. The maximum Gasteiger partial charge on any atom is 0.264 e. The van der Waals surface area contributed by atoms with Crippen molar-refractivity contribution in [2.24, 2.45) is 0 Å². The number of nitrogens with one attached hydrogen (secondary N) is 1. The van der Waals surface area contributed by atoms with E-state index in [9.17, 15) is 9.90 Å². The van der Waals surface area contributed by atoms with E-state index in [1.54, 1.807) is 35.6 Å². The molecule has 7 nitrogen and oxygen atoms in total. The summed E-state index contributed by atoms with van der Waals surface area (Å²) >= 11 is 0. The lowest BCUT2D eigenvalue weighted by atomic mass is 10.2. The Morgan fingerprint density at radius 2 is 2.29 bits per heavy atom. The standard InChI is InChI=1S/C14H10N5O2/c20-12-6-13(21)19(14(12)18-4-3-15-8-18)10-2-1-9-7-16-17-11(9)5-10/h1-5,7-8,14,20H,(H,16,17). The molecule has 1 amide bonds. The number of amides is 1. The van der Waals surface area contributed by atoms with Crippen molar-refractivity contribution in [1.82, 2.24) is 19.7 Å². The van der Waals surface area contributed by atoms with Crippen LogP contribution in [0.5, 0.6) is 0 Å². The van der Waals surface area contributed by atoms with Crippen LogP contribution in [0.25, 0.3) is 10.9 Å². The molecule has 103 valence electrons. The van der Waals surface area contributed by atoms with Gasteiger partial charge in [0, 0.05) is 23.5 Å². The SMILES string of the molecule is O=C1[C]=C(O)C(n2ccnc2)N1c1ccc2cn[nH]c2c1. The third-order valence-corrected chi connectivity index (χ3v) is 3.45. The van der Waals surface area contributed by atoms with Crippen LogP contribution >= 0.6 is 0 Å². The van der Waals surface area contributed by atoms with Crippen LogP contribution in [0.2, 0.25) is 0 Å². The lowest BCUT2D eigenvalue weighted by Gasteiger charge is -2.26. The minimum Gasteiger partial charge on any atom is -0.507 e. The van der Waals surface area contributed by atoms with Crippen molar-refractivity contribution >= 4 is 22.5 Å². The highest BCUT2D eigenvalue weighted by atomic mass is 16.3. The molecule has 1 aliphatic heterocycles. The Kier molecular flexibility index (Phi) is 2.34. The van der Waals surface area contributed by atoms with Gasteiger partial charge in [0.1, 0.15) is 5.76 Å². The number of aliphatic hydroxyl groups excluding tert-OH is 1. The minimum atomic E-state index is -0.666. The molecule has 0 saturated heterocycles. The molecule has 0 spiro atoms. The van der Waals surface area contributed by atoms with E-state index in [1.165, 1.54) is 4.90 Å². The highest BCUT2D eigenvalue weighted by Gasteiger charge is 2.35. The molecule has 0 aliphatic carbocycles. The number of hydrogen-bond donors (Lipinski definition) is 2.